The summed E-state index contributed by atoms with van der Waals surface area (Å²) in [6, 6.07) is 7.36. The average Bonchev–Trinajstić information content (AvgIpc) is 2.03. The van der Waals surface area contributed by atoms with Gasteiger partial charge in [0, 0.05) is 12.1 Å². The summed E-state index contributed by atoms with van der Waals surface area (Å²) in [5.74, 6) is 0.369. The molecule has 2 N–H and O–H groups in total. The first-order valence-electron chi connectivity index (χ1n) is 3.82. The van der Waals surface area contributed by atoms with Crippen LogP contribution in [0.15, 0.2) is 24.3 Å². The number of nitrogens with one attached hydrogen (secondary N) is 1. The summed E-state index contributed by atoms with van der Waals surface area (Å²) in [5.41, 5.74) is 0.953. The van der Waals surface area contributed by atoms with E-state index in [2.05, 4.69) is 5.32 Å². The van der Waals surface area contributed by atoms with Gasteiger partial charge in [-0.05, 0) is 12.6 Å². The molecule has 3 heteroatoms. The van der Waals surface area contributed by atoms with Crippen LogP contribution in [-0.4, -0.2) is 11.7 Å². The van der Waals surface area contributed by atoms with Gasteiger partial charge in [0.25, 0.3) is 0 Å². The van der Waals surface area contributed by atoms with Crippen LogP contribution in [0.3, 0.4) is 0 Å². The van der Waals surface area contributed by atoms with Gasteiger partial charge in [-0.2, -0.15) is 0 Å². The van der Waals surface area contributed by atoms with Crippen molar-refractivity contribution in [1.82, 2.24) is 5.32 Å². The summed E-state index contributed by atoms with van der Waals surface area (Å²) in [4.78, 5) is 0. The molecule has 1 rings (SSSR count). The quantitative estimate of drug-likeness (QED) is 0.836. The first-order chi connectivity index (χ1) is 5.34. The normalized spacial score (nSPS) is 9.08. The van der Waals surface area contributed by atoms with E-state index in [4.69, 9.17) is 0 Å². The van der Waals surface area contributed by atoms with E-state index < -0.39 is 0 Å². The van der Waals surface area contributed by atoms with Crippen molar-refractivity contribution in [1.29, 1.82) is 0 Å². The van der Waals surface area contributed by atoms with Crippen molar-refractivity contribution in [2.75, 3.05) is 6.54 Å². The largest absolute Gasteiger partial charge is 0.508 e. The Bertz CT molecular complexity index is 228. The van der Waals surface area contributed by atoms with Gasteiger partial charge >= 0.3 is 0 Å². The Labute approximate surface area is 83.4 Å². The molecule has 0 unspecified atom stereocenters. The minimum Gasteiger partial charge on any atom is -0.508 e. The molecule has 0 spiro atoms. The van der Waals surface area contributed by atoms with Crippen LogP contribution in [0.4, 0.5) is 0 Å². The third-order valence-corrected chi connectivity index (χ3v) is 1.56. The standard InChI is InChI=1S/C9H13NO.BrH/c1-2-10-7-8-5-3-4-6-9(8)11;/h3-6,10-11H,2,7H2,1H3;1H. The summed E-state index contributed by atoms with van der Waals surface area (Å²) in [6.07, 6.45) is 0. The van der Waals surface area contributed by atoms with Crippen molar-refractivity contribution in [2.24, 2.45) is 0 Å². The first kappa shape index (κ1) is 11.5. The molecule has 0 aliphatic carbocycles. The van der Waals surface area contributed by atoms with Crippen LogP contribution in [0, 0.1) is 0 Å². The van der Waals surface area contributed by atoms with E-state index in [-0.39, 0.29) is 17.0 Å². The van der Waals surface area contributed by atoms with Gasteiger partial charge in [0.05, 0.1) is 0 Å². The molecule has 0 amide bonds. The Morgan fingerprint density at radius 2 is 2.00 bits per heavy atom. The van der Waals surface area contributed by atoms with E-state index in [1.165, 1.54) is 0 Å². The fourth-order valence-electron chi connectivity index (χ4n) is 0.920. The van der Waals surface area contributed by atoms with Gasteiger partial charge in [0.15, 0.2) is 0 Å². The second kappa shape index (κ2) is 6.03. The van der Waals surface area contributed by atoms with Crippen LogP contribution in [-0.2, 0) is 6.54 Å². The molecule has 0 aliphatic rings. The maximum Gasteiger partial charge on any atom is 0.120 e. The fourth-order valence-corrected chi connectivity index (χ4v) is 0.920. The highest BCUT2D eigenvalue weighted by Gasteiger charge is 1.95. The van der Waals surface area contributed by atoms with Gasteiger partial charge in [-0.1, -0.05) is 25.1 Å². The lowest BCUT2D eigenvalue weighted by atomic mass is 10.2. The van der Waals surface area contributed by atoms with E-state index in [1.54, 1.807) is 6.07 Å². The molecule has 0 aromatic heterocycles. The Hall–Kier alpha value is -0.540. The number of rotatable bonds is 3. The van der Waals surface area contributed by atoms with E-state index in [0.717, 1.165) is 18.7 Å². The molecule has 1 aromatic rings. The van der Waals surface area contributed by atoms with Crippen LogP contribution in [0.5, 0.6) is 5.75 Å². The molecular weight excluding hydrogens is 218 g/mol. The van der Waals surface area contributed by atoms with E-state index in [0.29, 0.717) is 5.75 Å². The van der Waals surface area contributed by atoms with Crippen LogP contribution in [0.25, 0.3) is 0 Å². The van der Waals surface area contributed by atoms with Gasteiger partial charge in [0.2, 0.25) is 0 Å². The van der Waals surface area contributed by atoms with Crippen molar-refractivity contribution in [3.05, 3.63) is 29.8 Å². The SMILES string of the molecule is Br.CCNCc1ccccc1O. The number of phenols is 1. The third-order valence-electron chi connectivity index (χ3n) is 1.56. The Morgan fingerprint density at radius 3 is 2.58 bits per heavy atom. The molecule has 2 nitrogen and oxygen atoms in total. The average molecular weight is 232 g/mol. The molecular formula is C9H14BrNO. The zero-order chi connectivity index (χ0) is 8.10. The number of para-hydroxylation sites is 1. The summed E-state index contributed by atoms with van der Waals surface area (Å²) in [5, 5.41) is 12.4. The van der Waals surface area contributed by atoms with E-state index in [1.807, 2.05) is 25.1 Å². The molecule has 0 atom stereocenters. The molecule has 0 saturated carbocycles. The van der Waals surface area contributed by atoms with Crippen LogP contribution in [0.1, 0.15) is 12.5 Å². The fraction of sp³-hybridized carbons (Fsp3) is 0.333. The number of aromatic hydroxyl groups is 1. The minimum atomic E-state index is 0. The van der Waals surface area contributed by atoms with Gasteiger partial charge in [-0.15, -0.1) is 17.0 Å². The van der Waals surface area contributed by atoms with Crippen molar-refractivity contribution < 1.29 is 5.11 Å². The summed E-state index contributed by atoms with van der Waals surface area (Å²) >= 11 is 0. The highest BCUT2D eigenvalue weighted by molar-refractivity contribution is 8.93. The van der Waals surface area contributed by atoms with Crippen LogP contribution in [0.2, 0.25) is 0 Å². The number of hydrogen-bond donors (Lipinski definition) is 2. The molecule has 0 aliphatic heterocycles. The Kier molecular flexibility index (Phi) is 5.76. The van der Waals surface area contributed by atoms with Crippen molar-refractivity contribution in [2.45, 2.75) is 13.5 Å². The lowest BCUT2D eigenvalue weighted by molar-refractivity contribution is 0.465. The summed E-state index contributed by atoms with van der Waals surface area (Å²) in [6.45, 7) is 3.71. The molecule has 1 aromatic carbocycles. The highest BCUT2D eigenvalue weighted by atomic mass is 79.9. The highest BCUT2D eigenvalue weighted by Crippen LogP contribution is 2.14. The minimum absolute atomic E-state index is 0. The number of benzene rings is 1. The van der Waals surface area contributed by atoms with Crippen LogP contribution < -0.4 is 5.32 Å². The molecule has 0 heterocycles. The summed E-state index contributed by atoms with van der Waals surface area (Å²) < 4.78 is 0. The van der Waals surface area contributed by atoms with Gasteiger partial charge in [-0.25, -0.2) is 0 Å². The molecule has 0 bridgehead atoms. The van der Waals surface area contributed by atoms with Gasteiger partial charge in [-0.3, -0.25) is 0 Å². The van der Waals surface area contributed by atoms with Crippen molar-refractivity contribution >= 4 is 17.0 Å². The van der Waals surface area contributed by atoms with Crippen molar-refractivity contribution in [3.8, 4) is 5.75 Å². The smallest absolute Gasteiger partial charge is 0.120 e. The number of phenolic OH excluding ortho intramolecular Hbond substituents is 1. The monoisotopic (exact) mass is 231 g/mol. The van der Waals surface area contributed by atoms with Gasteiger partial charge in [0.1, 0.15) is 5.75 Å². The predicted molar refractivity (Wildman–Crippen MR) is 55.8 cm³/mol. The lowest BCUT2D eigenvalue weighted by Crippen LogP contribution is -2.11. The molecule has 0 saturated heterocycles. The zero-order valence-electron chi connectivity index (χ0n) is 7.08. The first-order valence-corrected chi connectivity index (χ1v) is 3.82. The van der Waals surface area contributed by atoms with Crippen LogP contribution >= 0.6 is 17.0 Å². The Balaban J connectivity index is 0.00000121. The Morgan fingerprint density at radius 1 is 1.33 bits per heavy atom. The van der Waals surface area contributed by atoms with E-state index in [9.17, 15) is 5.11 Å². The maximum absolute atomic E-state index is 9.30. The van der Waals surface area contributed by atoms with Crippen molar-refractivity contribution in [3.63, 3.8) is 0 Å². The molecule has 68 valence electrons. The van der Waals surface area contributed by atoms with E-state index >= 15 is 0 Å². The second-order valence-corrected chi connectivity index (χ2v) is 2.41. The molecule has 12 heavy (non-hydrogen) atoms. The topological polar surface area (TPSA) is 32.3 Å². The molecule has 0 fully saturated rings. The lowest BCUT2D eigenvalue weighted by Gasteiger charge is -2.03. The van der Waals surface area contributed by atoms with Gasteiger partial charge < -0.3 is 10.4 Å². The second-order valence-electron chi connectivity index (χ2n) is 2.41. The predicted octanol–water partition coefficient (Wildman–Crippen LogP) is 2.08. The number of hydrogen-bond acceptors (Lipinski definition) is 2. The zero-order valence-corrected chi connectivity index (χ0v) is 8.79. The summed E-state index contributed by atoms with van der Waals surface area (Å²) in [7, 11) is 0. The maximum atomic E-state index is 9.30. The number of halogens is 1. The molecule has 0 radical (unpaired) electrons. The third kappa shape index (κ3) is 3.24.